The van der Waals surface area contributed by atoms with E-state index < -0.39 is 5.41 Å². The van der Waals surface area contributed by atoms with Crippen molar-refractivity contribution in [2.24, 2.45) is 11.3 Å². The smallest absolute Gasteiger partial charge is 0.239 e. The second-order valence-corrected chi connectivity index (χ2v) is 5.88. The number of piperidine rings is 1. The second kappa shape index (κ2) is 6.89. The Hall–Kier alpha value is -1.10. The summed E-state index contributed by atoms with van der Waals surface area (Å²) in [5.41, 5.74) is -0.422. The molecule has 1 aliphatic heterocycles. The predicted molar refractivity (Wildman–Crippen MR) is 75.7 cm³/mol. The molecule has 19 heavy (non-hydrogen) atoms. The Morgan fingerprint density at radius 2 is 2.11 bits per heavy atom. The van der Waals surface area contributed by atoms with Gasteiger partial charge in [-0.3, -0.25) is 9.59 Å². The Morgan fingerprint density at radius 1 is 1.42 bits per heavy atom. The number of hydrogen-bond donors (Lipinski definition) is 2. The molecule has 0 spiro atoms. The first-order chi connectivity index (χ1) is 8.89. The van der Waals surface area contributed by atoms with E-state index >= 15 is 0 Å². The molecule has 0 aromatic carbocycles. The highest BCUT2D eigenvalue weighted by Crippen LogP contribution is 2.33. The van der Waals surface area contributed by atoms with Gasteiger partial charge in [-0.05, 0) is 38.8 Å². The van der Waals surface area contributed by atoms with Gasteiger partial charge in [0.2, 0.25) is 11.8 Å². The average Bonchev–Trinajstić information content (AvgIpc) is 2.39. The monoisotopic (exact) mass is 269 g/mol. The molecule has 2 amide bonds. The number of rotatable bonds is 5. The van der Waals surface area contributed by atoms with Gasteiger partial charge >= 0.3 is 0 Å². The van der Waals surface area contributed by atoms with Gasteiger partial charge in [-0.15, -0.1) is 0 Å². The third-order valence-corrected chi connectivity index (χ3v) is 3.97. The van der Waals surface area contributed by atoms with Gasteiger partial charge in [-0.25, -0.2) is 0 Å². The number of nitrogens with one attached hydrogen (secondary N) is 2. The van der Waals surface area contributed by atoms with Crippen LogP contribution in [-0.2, 0) is 9.59 Å². The Kier molecular flexibility index (Phi) is 5.79. The highest BCUT2D eigenvalue weighted by atomic mass is 16.2. The molecule has 5 heteroatoms. The molecule has 2 N–H and O–H groups in total. The molecular weight excluding hydrogens is 242 g/mol. The van der Waals surface area contributed by atoms with Gasteiger partial charge in [0.15, 0.2) is 0 Å². The Balaban J connectivity index is 2.60. The molecule has 1 saturated heterocycles. The molecule has 0 radical (unpaired) electrons. The minimum absolute atomic E-state index is 0.0486. The summed E-state index contributed by atoms with van der Waals surface area (Å²) in [6.07, 6.45) is 2.18. The zero-order chi connectivity index (χ0) is 14.5. The number of likely N-dealkylation sites (N-methyl/N-ethyl adjacent to an activating group) is 2. The minimum Gasteiger partial charge on any atom is -0.355 e. The van der Waals surface area contributed by atoms with Crippen LogP contribution in [0.1, 0.15) is 33.6 Å². The number of carbonyl (C=O) groups is 2. The zero-order valence-corrected chi connectivity index (χ0v) is 12.6. The van der Waals surface area contributed by atoms with Crippen molar-refractivity contribution in [3.8, 4) is 0 Å². The molecule has 0 aliphatic carbocycles. The minimum atomic E-state index is -0.422. The van der Waals surface area contributed by atoms with E-state index in [9.17, 15) is 9.59 Å². The maximum absolute atomic E-state index is 12.5. The first-order valence-electron chi connectivity index (χ1n) is 7.12. The molecule has 1 heterocycles. The topological polar surface area (TPSA) is 61.4 Å². The van der Waals surface area contributed by atoms with Gasteiger partial charge in [0.1, 0.15) is 0 Å². The summed E-state index contributed by atoms with van der Waals surface area (Å²) in [6, 6.07) is 0. The fraction of sp³-hybridized carbons (Fsp3) is 0.857. The van der Waals surface area contributed by atoms with Gasteiger partial charge in [0, 0.05) is 19.0 Å². The zero-order valence-electron chi connectivity index (χ0n) is 12.6. The van der Waals surface area contributed by atoms with Crippen LogP contribution in [0.5, 0.6) is 0 Å². The summed E-state index contributed by atoms with van der Waals surface area (Å²) in [4.78, 5) is 25.6. The standard InChI is InChI=1S/C14H27N3O2/c1-5-16-12(18)10-17(4)13(19)14(2,3)11-7-6-8-15-9-11/h11,15H,5-10H2,1-4H3,(H,16,18). The van der Waals surface area contributed by atoms with Crippen molar-refractivity contribution in [1.82, 2.24) is 15.5 Å². The van der Waals surface area contributed by atoms with E-state index in [1.165, 1.54) is 0 Å². The van der Waals surface area contributed by atoms with Crippen LogP contribution in [0.15, 0.2) is 0 Å². The lowest BCUT2D eigenvalue weighted by Crippen LogP contribution is -2.49. The third-order valence-electron chi connectivity index (χ3n) is 3.97. The first kappa shape index (κ1) is 16.0. The molecule has 5 nitrogen and oxygen atoms in total. The second-order valence-electron chi connectivity index (χ2n) is 5.88. The highest BCUT2D eigenvalue weighted by molar-refractivity contribution is 5.87. The Morgan fingerprint density at radius 3 is 2.63 bits per heavy atom. The molecular formula is C14H27N3O2. The molecule has 1 fully saturated rings. The SMILES string of the molecule is CCNC(=O)CN(C)C(=O)C(C)(C)C1CCCNC1. The third kappa shape index (κ3) is 4.20. The Bertz CT molecular complexity index is 323. The van der Waals surface area contributed by atoms with E-state index in [4.69, 9.17) is 0 Å². The highest BCUT2D eigenvalue weighted by Gasteiger charge is 2.39. The fourth-order valence-corrected chi connectivity index (χ4v) is 2.67. The summed E-state index contributed by atoms with van der Waals surface area (Å²) < 4.78 is 0. The van der Waals surface area contributed by atoms with Gasteiger partial charge in [0.25, 0.3) is 0 Å². The quantitative estimate of drug-likeness (QED) is 0.768. The van der Waals surface area contributed by atoms with Crippen molar-refractivity contribution in [2.45, 2.75) is 33.6 Å². The molecule has 110 valence electrons. The lowest BCUT2D eigenvalue weighted by molar-refractivity contribution is -0.145. The number of nitrogens with zero attached hydrogens (tertiary/aromatic N) is 1. The molecule has 1 atom stereocenters. The molecule has 0 saturated carbocycles. The van der Waals surface area contributed by atoms with Crippen molar-refractivity contribution in [3.05, 3.63) is 0 Å². The normalized spacial score (nSPS) is 19.9. The largest absolute Gasteiger partial charge is 0.355 e. The summed E-state index contributed by atoms with van der Waals surface area (Å²) in [6.45, 7) is 8.50. The molecule has 1 unspecified atom stereocenters. The maximum Gasteiger partial charge on any atom is 0.239 e. The summed E-state index contributed by atoms with van der Waals surface area (Å²) >= 11 is 0. The molecule has 1 rings (SSSR count). The van der Waals surface area contributed by atoms with E-state index in [1.807, 2.05) is 20.8 Å². The summed E-state index contributed by atoms with van der Waals surface area (Å²) in [5, 5.41) is 6.06. The van der Waals surface area contributed by atoms with E-state index in [0.717, 1.165) is 25.9 Å². The van der Waals surface area contributed by atoms with Gasteiger partial charge in [-0.1, -0.05) is 13.8 Å². The maximum atomic E-state index is 12.5. The predicted octanol–water partition coefficient (Wildman–Crippen LogP) is 0.607. The van der Waals surface area contributed by atoms with Crippen LogP contribution in [0, 0.1) is 11.3 Å². The summed E-state index contributed by atoms with van der Waals surface area (Å²) in [7, 11) is 1.70. The van der Waals surface area contributed by atoms with Gasteiger partial charge in [-0.2, -0.15) is 0 Å². The van der Waals surface area contributed by atoms with Crippen LogP contribution in [-0.4, -0.2) is 49.9 Å². The van der Waals surface area contributed by atoms with E-state index in [-0.39, 0.29) is 18.4 Å². The van der Waals surface area contributed by atoms with Crippen LogP contribution in [0.3, 0.4) is 0 Å². The van der Waals surface area contributed by atoms with Crippen LogP contribution in [0.25, 0.3) is 0 Å². The van der Waals surface area contributed by atoms with E-state index in [2.05, 4.69) is 10.6 Å². The number of carbonyl (C=O) groups excluding carboxylic acids is 2. The number of hydrogen-bond acceptors (Lipinski definition) is 3. The van der Waals surface area contributed by atoms with Crippen LogP contribution in [0.2, 0.25) is 0 Å². The lowest BCUT2D eigenvalue weighted by atomic mass is 9.74. The fourth-order valence-electron chi connectivity index (χ4n) is 2.67. The molecule has 0 aromatic rings. The van der Waals surface area contributed by atoms with Crippen molar-refractivity contribution in [1.29, 1.82) is 0 Å². The number of amides is 2. The molecule has 0 aromatic heterocycles. The Labute approximate surface area is 116 Å². The summed E-state index contributed by atoms with van der Waals surface area (Å²) in [5.74, 6) is 0.286. The van der Waals surface area contributed by atoms with Gasteiger partial charge in [0.05, 0.1) is 6.54 Å². The van der Waals surface area contributed by atoms with Crippen LogP contribution < -0.4 is 10.6 Å². The van der Waals surface area contributed by atoms with Crippen molar-refractivity contribution < 1.29 is 9.59 Å². The van der Waals surface area contributed by atoms with Crippen molar-refractivity contribution >= 4 is 11.8 Å². The van der Waals surface area contributed by atoms with E-state index in [1.54, 1.807) is 11.9 Å². The van der Waals surface area contributed by atoms with Crippen molar-refractivity contribution in [2.75, 3.05) is 33.2 Å². The molecule has 0 bridgehead atoms. The van der Waals surface area contributed by atoms with Crippen molar-refractivity contribution in [3.63, 3.8) is 0 Å². The van der Waals surface area contributed by atoms with Crippen LogP contribution >= 0.6 is 0 Å². The lowest BCUT2D eigenvalue weighted by Gasteiger charge is -2.38. The molecule has 1 aliphatic rings. The van der Waals surface area contributed by atoms with Crippen LogP contribution in [0.4, 0.5) is 0 Å². The van der Waals surface area contributed by atoms with E-state index in [0.29, 0.717) is 12.5 Å². The van der Waals surface area contributed by atoms with Gasteiger partial charge < -0.3 is 15.5 Å². The first-order valence-corrected chi connectivity index (χ1v) is 7.12. The average molecular weight is 269 g/mol.